The van der Waals surface area contributed by atoms with E-state index >= 15 is 0 Å². The molecule has 3 heterocycles. The molecule has 2 aromatic carbocycles. The Kier molecular flexibility index (Phi) is 6.08. The van der Waals surface area contributed by atoms with Gasteiger partial charge in [-0.25, -0.2) is 9.67 Å². The van der Waals surface area contributed by atoms with Crippen LogP contribution in [0.5, 0.6) is 0 Å². The number of aromatic nitrogens is 3. The first kappa shape index (κ1) is 21.8. The molecule has 2 amide bonds. The summed E-state index contributed by atoms with van der Waals surface area (Å²) in [6.45, 7) is 3.76. The summed E-state index contributed by atoms with van der Waals surface area (Å²) in [5, 5.41) is 8.19. The summed E-state index contributed by atoms with van der Waals surface area (Å²) in [6.07, 6.45) is 3.00. The van der Waals surface area contributed by atoms with Crippen LogP contribution in [0.15, 0.2) is 72.9 Å². The Morgan fingerprint density at radius 2 is 1.68 bits per heavy atom. The first-order valence-electron chi connectivity index (χ1n) is 11.7. The van der Waals surface area contributed by atoms with Gasteiger partial charge in [0.25, 0.3) is 5.91 Å². The number of anilines is 1. The number of fused-ring (bicyclic) bond motifs is 1. The Morgan fingerprint density at radius 3 is 2.35 bits per heavy atom. The Labute approximate surface area is 198 Å². The van der Waals surface area contributed by atoms with Gasteiger partial charge in [-0.2, -0.15) is 5.10 Å². The van der Waals surface area contributed by atoms with Crippen molar-refractivity contribution in [3.63, 3.8) is 0 Å². The number of benzene rings is 2. The highest BCUT2D eigenvalue weighted by atomic mass is 16.2. The first-order chi connectivity index (χ1) is 16.6. The molecule has 7 heteroatoms. The number of nitrogens with one attached hydrogen (secondary N) is 1. The second kappa shape index (κ2) is 9.47. The quantitative estimate of drug-likeness (QED) is 0.479. The Morgan fingerprint density at radius 1 is 1.00 bits per heavy atom. The molecule has 172 valence electrons. The average Bonchev–Trinajstić information content (AvgIpc) is 3.32. The van der Waals surface area contributed by atoms with Gasteiger partial charge in [0.05, 0.1) is 22.8 Å². The van der Waals surface area contributed by atoms with Crippen molar-refractivity contribution in [2.75, 3.05) is 18.4 Å². The van der Waals surface area contributed by atoms with E-state index in [-0.39, 0.29) is 17.7 Å². The summed E-state index contributed by atoms with van der Waals surface area (Å²) in [5.41, 5.74) is 3.83. The second-order valence-electron chi connectivity index (χ2n) is 8.54. The van der Waals surface area contributed by atoms with Crippen molar-refractivity contribution in [1.82, 2.24) is 19.7 Å². The zero-order valence-corrected chi connectivity index (χ0v) is 19.1. The standard InChI is InChI=1S/C27H27N5O2/c1-2-32-25-23(18-28-32)22(17-24(30-25)19-9-5-3-6-10-19)27(34)31-15-13-20(14-16-31)26(33)29-21-11-7-4-8-12-21/h3-12,17-18,20H,2,13-16H2,1H3,(H,29,33). The molecule has 4 aromatic rings. The lowest BCUT2D eigenvalue weighted by molar-refractivity contribution is -0.121. The molecule has 1 aliphatic rings. The predicted molar refractivity (Wildman–Crippen MR) is 132 cm³/mol. The number of amides is 2. The molecule has 1 fully saturated rings. The maximum Gasteiger partial charge on any atom is 0.254 e. The number of carbonyl (C=O) groups excluding carboxylic acids is 2. The van der Waals surface area contributed by atoms with Crippen molar-refractivity contribution < 1.29 is 9.59 Å². The fourth-order valence-electron chi connectivity index (χ4n) is 4.49. The highest BCUT2D eigenvalue weighted by molar-refractivity contribution is 6.06. The zero-order valence-electron chi connectivity index (χ0n) is 19.1. The monoisotopic (exact) mass is 453 g/mol. The molecule has 0 unspecified atom stereocenters. The molecule has 1 aliphatic heterocycles. The SMILES string of the molecule is CCn1ncc2c(C(=O)N3CCC(C(=O)Nc4ccccc4)CC3)cc(-c3ccccc3)nc21. The largest absolute Gasteiger partial charge is 0.339 e. The van der Waals surface area contributed by atoms with Crippen molar-refractivity contribution >= 4 is 28.5 Å². The molecule has 34 heavy (non-hydrogen) atoms. The fraction of sp³-hybridized carbons (Fsp3) is 0.259. The number of likely N-dealkylation sites (tertiary alicyclic amines) is 1. The normalized spacial score (nSPS) is 14.3. The van der Waals surface area contributed by atoms with Crippen LogP contribution in [0.3, 0.4) is 0 Å². The number of hydrogen-bond donors (Lipinski definition) is 1. The van der Waals surface area contributed by atoms with Gasteiger partial charge in [-0.1, -0.05) is 48.5 Å². The van der Waals surface area contributed by atoms with E-state index in [4.69, 9.17) is 4.98 Å². The second-order valence-corrected chi connectivity index (χ2v) is 8.54. The van der Waals surface area contributed by atoms with Crippen LogP contribution in [-0.4, -0.2) is 44.6 Å². The number of aryl methyl sites for hydroxylation is 1. The van der Waals surface area contributed by atoms with E-state index < -0.39 is 0 Å². The summed E-state index contributed by atoms with van der Waals surface area (Å²) in [4.78, 5) is 33.0. The van der Waals surface area contributed by atoms with Gasteiger partial charge in [-0.3, -0.25) is 9.59 Å². The highest BCUT2D eigenvalue weighted by Crippen LogP contribution is 2.28. The Balaban J connectivity index is 1.36. The van der Waals surface area contributed by atoms with E-state index in [1.807, 2.05) is 83.2 Å². The van der Waals surface area contributed by atoms with E-state index in [2.05, 4.69) is 10.4 Å². The van der Waals surface area contributed by atoms with Crippen LogP contribution in [0.2, 0.25) is 0 Å². The third-order valence-electron chi connectivity index (χ3n) is 6.40. The molecule has 0 spiro atoms. The van der Waals surface area contributed by atoms with Crippen LogP contribution in [0.1, 0.15) is 30.1 Å². The minimum atomic E-state index is -0.107. The van der Waals surface area contributed by atoms with Gasteiger partial charge in [-0.15, -0.1) is 0 Å². The number of nitrogens with zero attached hydrogens (tertiary/aromatic N) is 4. The molecule has 1 saturated heterocycles. The topological polar surface area (TPSA) is 80.1 Å². The average molecular weight is 454 g/mol. The van der Waals surface area contributed by atoms with Crippen molar-refractivity contribution in [3.05, 3.63) is 78.5 Å². The minimum Gasteiger partial charge on any atom is -0.339 e. The van der Waals surface area contributed by atoms with Crippen LogP contribution in [0.25, 0.3) is 22.3 Å². The van der Waals surface area contributed by atoms with Crippen LogP contribution >= 0.6 is 0 Å². The van der Waals surface area contributed by atoms with Gasteiger partial charge in [0.1, 0.15) is 0 Å². The molecule has 0 saturated carbocycles. The highest BCUT2D eigenvalue weighted by Gasteiger charge is 2.29. The maximum absolute atomic E-state index is 13.6. The number of pyridine rings is 1. The lowest BCUT2D eigenvalue weighted by Crippen LogP contribution is -2.41. The van der Waals surface area contributed by atoms with Gasteiger partial charge >= 0.3 is 0 Å². The molecule has 1 N–H and O–H groups in total. The van der Waals surface area contributed by atoms with E-state index in [1.54, 1.807) is 6.20 Å². The van der Waals surface area contributed by atoms with Gasteiger partial charge in [0, 0.05) is 36.8 Å². The van der Waals surface area contributed by atoms with Gasteiger partial charge < -0.3 is 10.2 Å². The molecule has 0 aliphatic carbocycles. The van der Waals surface area contributed by atoms with Crippen molar-refractivity contribution in [2.24, 2.45) is 5.92 Å². The van der Waals surface area contributed by atoms with Gasteiger partial charge in [0.15, 0.2) is 5.65 Å². The molecule has 0 atom stereocenters. The molecular formula is C27H27N5O2. The predicted octanol–water partition coefficient (Wildman–Crippen LogP) is 4.61. The summed E-state index contributed by atoms with van der Waals surface area (Å²) in [5.74, 6) is -0.133. The maximum atomic E-state index is 13.6. The van der Waals surface area contributed by atoms with E-state index in [0.717, 1.165) is 22.3 Å². The lowest BCUT2D eigenvalue weighted by Gasteiger charge is -2.31. The van der Waals surface area contributed by atoms with E-state index in [0.29, 0.717) is 43.7 Å². The third-order valence-corrected chi connectivity index (χ3v) is 6.40. The van der Waals surface area contributed by atoms with Gasteiger partial charge in [-0.05, 0) is 38.0 Å². The van der Waals surface area contributed by atoms with Crippen LogP contribution < -0.4 is 5.32 Å². The van der Waals surface area contributed by atoms with Crippen LogP contribution in [-0.2, 0) is 11.3 Å². The summed E-state index contributed by atoms with van der Waals surface area (Å²) in [7, 11) is 0. The number of carbonyl (C=O) groups is 2. The van der Waals surface area contributed by atoms with E-state index in [9.17, 15) is 9.59 Å². The number of rotatable bonds is 5. The van der Waals surface area contributed by atoms with E-state index in [1.165, 1.54) is 0 Å². The molecule has 0 bridgehead atoms. The van der Waals surface area contributed by atoms with Gasteiger partial charge in [0.2, 0.25) is 5.91 Å². The molecule has 0 radical (unpaired) electrons. The van der Waals surface area contributed by atoms with Crippen molar-refractivity contribution in [2.45, 2.75) is 26.3 Å². The van der Waals surface area contributed by atoms with Crippen LogP contribution in [0, 0.1) is 5.92 Å². The van der Waals surface area contributed by atoms with Crippen LogP contribution in [0.4, 0.5) is 5.69 Å². The first-order valence-corrected chi connectivity index (χ1v) is 11.7. The Hall–Kier alpha value is -4.00. The molecule has 7 nitrogen and oxygen atoms in total. The van der Waals surface area contributed by atoms with Crippen molar-refractivity contribution in [3.8, 4) is 11.3 Å². The summed E-state index contributed by atoms with van der Waals surface area (Å²) in [6, 6.07) is 21.2. The smallest absolute Gasteiger partial charge is 0.254 e. The molecular weight excluding hydrogens is 426 g/mol. The third kappa shape index (κ3) is 4.29. The molecule has 5 rings (SSSR count). The lowest BCUT2D eigenvalue weighted by atomic mass is 9.95. The fourth-order valence-corrected chi connectivity index (χ4v) is 4.49. The number of piperidine rings is 1. The van der Waals surface area contributed by atoms with Crippen molar-refractivity contribution in [1.29, 1.82) is 0 Å². The minimum absolute atomic E-state index is 0.0141. The Bertz CT molecular complexity index is 1310. The number of hydrogen-bond acceptors (Lipinski definition) is 4. The molecule has 2 aromatic heterocycles. The zero-order chi connectivity index (χ0) is 23.5. The summed E-state index contributed by atoms with van der Waals surface area (Å²) < 4.78 is 1.82. The summed E-state index contributed by atoms with van der Waals surface area (Å²) >= 11 is 0. The number of para-hydroxylation sites is 1.